The minimum absolute atomic E-state index is 0.262. The number of nitrogens with one attached hydrogen (secondary N) is 1. The summed E-state index contributed by atoms with van der Waals surface area (Å²) in [5.41, 5.74) is 0. The predicted octanol–water partition coefficient (Wildman–Crippen LogP) is 3.31. The lowest BCUT2D eigenvalue weighted by molar-refractivity contribution is 0.0146. The van der Waals surface area contributed by atoms with Crippen molar-refractivity contribution in [3.8, 4) is 0 Å². The monoisotopic (exact) mass is 327 g/mol. The molecule has 98 valence electrons. The summed E-state index contributed by atoms with van der Waals surface area (Å²) < 4.78 is 29.7. The van der Waals surface area contributed by atoms with E-state index in [0.717, 1.165) is 16.6 Å². The van der Waals surface area contributed by atoms with E-state index in [1.165, 1.54) is 4.88 Å². The number of hydrogen-bond acceptors (Lipinski definition) is 3. The first-order chi connectivity index (χ1) is 8.11. The van der Waals surface area contributed by atoms with Crippen LogP contribution in [0, 0.1) is 0 Å². The van der Waals surface area contributed by atoms with Gasteiger partial charge in [0.15, 0.2) is 0 Å². The highest BCUT2D eigenvalue weighted by atomic mass is 79.9. The van der Waals surface area contributed by atoms with Crippen LogP contribution >= 0.6 is 27.3 Å². The van der Waals surface area contributed by atoms with Crippen LogP contribution in [0.5, 0.6) is 0 Å². The summed E-state index contributed by atoms with van der Waals surface area (Å²) in [5.74, 6) is 0. The van der Waals surface area contributed by atoms with Crippen LogP contribution in [0.15, 0.2) is 15.9 Å². The summed E-state index contributed by atoms with van der Waals surface area (Å²) in [5, 5.41) is 3.17. The minimum atomic E-state index is -2.38. The quantitative estimate of drug-likeness (QED) is 0.739. The lowest BCUT2D eigenvalue weighted by atomic mass is 10.1. The van der Waals surface area contributed by atoms with Crippen molar-refractivity contribution in [1.82, 2.24) is 5.32 Å². The van der Waals surface area contributed by atoms with Crippen molar-refractivity contribution in [1.29, 1.82) is 0 Å². The maximum Gasteiger partial charge on any atom is 0.261 e. The third-order valence-electron chi connectivity index (χ3n) is 2.34. The van der Waals surface area contributed by atoms with Gasteiger partial charge in [-0.05, 0) is 48.0 Å². The molecule has 0 aromatic carbocycles. The standard InChI is InChI=1S/C11H16BrF2NOS/c1-15-8(4-5-16-7-11(13)14)6-9-2-3-10(12)17-9/h2-3,8,11,15H,4-7H2,1H3. The van der Waals surface area contributed by atoms with E-state index in [-0.39, 0.29) is 6.04 Å². The van der Waals surface area contributed by atoms with Crippen molar-refractivity contribution in [2.24, 2.45) is 0 Å². The molecule has 0 aliphatic carbocycles. The van der Waals surface area contributed by atoms with Crippen LogP contribution in [0.4, 0.5) is 8.78 Å². The lowest BCUT2D eigenvalue weighted by Gasteiger charge is -2.15. The highest BCUT2D eigenvalue weighted by molar-refractivity contribution is 9.11. The Labute approximate surface area is 112 Å². The van der Waals surface area contributed by atoms with Crippen molar-refractivity contribution in [2.75, 3.05) is 20.3 Å². The second kappa shape index (κ2) is 8.13. The average Bonchev–Trinajstić information content (AvgIpc) is 2.68. The smallest absolute Gasteiger partial charge is 0.261 e. The number of alkyl halides is 2. The van der Waals surface area contributed by atoms with Gasteiger partial charge in [0.25, 0.3) is 6.43 Å². The fourth-order valence-corrected chi connectivity index (χ4v) is 3.01. The molecule has 1 atom stereocenters. The summed E-state index contributed by atoms with van der Waals surface area (Å²) in [4.78, 5) is 1.27. The average molecular weight is 328 g/mol. The van der Waals surface area contributed by atoms with Gasteiger partial charge in [0.05, 0.1) is 3.79 Å². The van der Waals surface area contributed by atoms with Crippen molar-refractivity contribution < 1.29 is 13.5 Å². The van der Waals surface area contributed by atoms with E-state index in [1.807, 2.05) is 13.1 Å². The third-order valence-corrected chi connectivity index (χ3v) is 3.99. The van der Waals surface area contributed by atoms with Gasteiger partial charge in [-0.1, -0.05) is 0 Å². The molecule has 1 aromatic heterocycles. The fraction of sp³-hybridized carbons (Fsp3) is 0.636. The van der Waals surface area contributed by atoms with Gasteiger partial charge in [-0.3, -0.25) is 0 Å². The molecule has 1 N–H and O–H groups in total. The predicted molar refractivity (Wildman–Crippen MR) is 70.0 cm³/mol. The van der Waals surface area contributed by atoms with Crippen LogP contribution in [-0.4, -0.2) is 32.7 Å². The van der Waals surface area contributed by atoms with Gasteiger partial charge in [0, 0.05) is 17.5 Å². The molecular formula is C11H16BrF2NOS. The zero-order chi connectivity index (χ0) is 12.7. The molecule has 0 aliphatic heterocycles. The molecule has 0 saturated carbocycles. The van der Waals surface area contributed by atoms with Crippen molar-refractivity contribution in [2.45, 2.75) is 25.3 Å². The first-order valence-electron chi connectivity index (χ1n) is 5.39. The molecule has 0 bridgehead atoms. The highest BCUT2D eigenvalue weighted by Crippen LogP contribution is 2.23. The zero-order valence-corrected chi connectivity index (χ0v) is 12.0. The van der Waals surface area contributed by atoms with Crippen LogP contribution in [0.25, 0.3) is 0 Å². The van der Waals surface area contributed by atoms with E-state index < -0.39 is 13.0 Å². The highest BCUT2D eigenvalue weighted by Gasteiger charge is 2.10. The summed E-state index contributed by atoms with van der Waals surface area (Å²) in [6, 6.07) is 4.34. The van der Waals surface area contributed by atoms with Crippen molar-refractivity contribution >= 4 is 27.3 Å². The molecule has 17 heavy (non-hydrogen) atoms. The van der Waals surface area contributed by atoms with Crippen LogP contribution in [0.3, 0.4) is 0 Å². The van der Waals surface area contributed by atoms with E-state index in [4.69, 9.17) is 4.74 Å². The topological polar surface area (TPSA) is 21.3 Å². The van der Waals surface area contributed by atoms with E-state index in [1.54, 1.807) is 11.3 Å². The van der Waals surface area contributed by atoms with E-state index in [9.17, 15) is 8.78 Å². The number of thiophene rings is 1. The van der Waals surface area contributed by atoms with Crippen LogP contribution in [0.2, 0.25) is 0 Å². The molecular weight excluding hydrogens is 312 g/mol. The van der Waals surface area contributed by atoms with Crippen LogP contribution in [-0.2, 0) is 11.2 Å². The number of ether oxygens (including phenoxy) is 1. The summed E-state index contributed by atoms with van der Waals surface area (Å²) in [6.45, 7) is -0.108. The Kier molecular flexibility index (Phi) is 7.18. The molecule has 0 saturated heterocycles. The van der Waals surface area contributed by atoms with E-state index >= 15 is 0 Å². The Morgan fingerprint density at radius 3 is 2.76 bits per heavy atom. The summed E-state index contributed by atoms with van der Waals surface area (Å²) in [6.07, 6.45) is -0.750. The maximum absolute atomic E-state index is 11.8. The number of halogens is 3. The molecule has 0 radical (unpaired) electrons. The van der Waals surface area contributed by atoms with Crippen LogP contribution < -0.4 is 5.32 Å². The van der Waals surface area contributed by atoms with Gasteiger partial charge >= 0.3 is 0 Å². The Morgan fingerprint density at radius 2 is 2.24 bits per heavy atom. The van der Waals surface area contributed by atoms with Gasteiger partial charge < -0.3 is 10.1 Å². The Bertz CT molecular complexity index is 322. The third kappa shape index (κ3) is 6.45. The molecule has 0 fully saturated rings. The first kappa shape index (κ1) is 15.0. The Balaban J connectivity index is 2.24. The van der Waals surface area contributed by atoms with Crippen LogP contribution in [0.1, 0.15) is 11.3 Å². The maximum atomic E-state index is 11.8. The molecule has 2 nitrogen and oxygen atoms in total. The van der Waals surface area contributed by atoms with Gasteiger partial charge in [-0.2, -0.15) is 0 Å². The van der Waals surface area contributed by atoms with E-state index in [0.29, 0.717) is 6.61 Å². The molecule has 0 aliphatic rings. The second-order valence-corrected chi connectivity index (χ2v) is 6.20. The van der Waals surface area contributed by atoms with Gasteiger partial charge in [0.1, 0.15) is 6.61 Å². The molecule has 1 unspecified atom stereocenters. The molecule has 0 spiro atoms. The molecule has 1 rings (SSSR count). The SMILES string of the molecule is CNC(CCOCC(F)F)Cc1ccc(Br)s1. The van der Waals surface area contributed by atoms with E-state index in [2.05, 4.69) is 27.3 Å². The lowest BCUT2D eigenvalue weighted by Crippen LogP contribution is -2.29. The van der Waals surface area contributed by atoms with Gasteiger partial charge in [-0.15, -0.1) is 11.3 Å². The molecule has 1 aromatic rings. The first-order valence-corrected chi connectivity index (χ1v) is 7.00. The largest absolute Gasteiger partial charge is 0.375 e. The zero-order valence-electron chi connectivity index (χ0n) is 9.59. The van der Waals surface area contributed by atoms with Gasteiger partial charge in [-0.25, -0.2) is 8.78 Å². The minimum Gasteiger partial charge on any atom is -0.375 e. The molecule has 1 heterocycles. The normalized spacial score (nSPS) is 13.2. The van der Waals surface area contributed by atoms with Crippen molar-refractivity contribution in [3.05, 3.63) is 20.8 Å². The number of likely N-dealkylation sites (N-methyl/N-ethyl adjacent to an activating group) is 1. The molecule has 6 heteroatoms. The summed E-state index contributed by atoms with van der Waals surface area (Å²) >= 11 is 5.11. The Hall–Kier alpha value is -0.0400. The summed E-state index contributed by atoms with van der Waals surface area (Å²) in [7, 11) is 1.88. The Morgan fingerprint density at radius 1 is 1.47 bits per heavy atom. The number of rotatable bonds is 8. The van der Waals surface area contributed by atoms with Crippen molar-refractivity contribution in [3.63, 3.8) is 0 Å². The molecule has 0 amide bonds. The fourth-order valence-electron chi connectivity index (χ4n) is 1.45. The second-order valence-electron chi connectivity index (χ2n) is 3.65. The number of hydrogen-bond donors (Lipinski definition) is 1. The van der Waals surface area contributed by atoms with Gasteiger partial charge in [0.2, 0.25) is 0 Å².